The molecule has 4 nitrogen and oxygen atoms in total. The summed E-state index contributed by atoms with van der Waals surface area (Å²) < 4.78 is 0. The van der Waals surface area contributed by atoms with E-state index in [4.69, 9.17) is 0 Å². The Morgan fingerprint density at radius 3 is 2.62 bits per heavy atom. The maximum atomic E-state index is 11.8. The molecule has 4 atom stereocenters. The van der Waals surface area contributed by atoms with Crippen LogP contribution >= 0.6 is 0 Å². The Labute approximate surface area is 129 Å². The minimum absolute atomic E-state index is 0.407. The van der Waals surface area contributed by atoms with Crippen LogP contribution in [-0.4, -0.2) is 47.2 Å². The van der Waals surface area contributed by atoms with Crippen LogP contribution in [0.5, 0.6) is 0 Å². The Kier molecular flexibility index (Phi) is 5.67. The lowest BCUT2D eigenvalue weighted by Crippen LogP contribution is -2.59. The fraction of sp³-hybridized carbons (Fsp3) is 0.941. The van der Waals surface area contributed by atoms with Gasteiger partial charge in [0.15, 0.2) is 0 Å². The second kappa shape index (κ2) is 7.10. The molecule has 0 radical (unpaired) electrons. The first-order valence-corrected chi connectivity index (χ1v) is 8.69. The third-order valence-corrected chi connectivity index (χ3v) is 5.71. The Bertz CT molecular complexity index is 357. The van der Waals surface area contributed by atoms with Crippen molar-refractivity contribution in [3.8, 4) is 0 Å². The van der Waals surface area contributed by atoms with E-state index in [1.807, 2.05) is 6.92 Å². The molecule has 2 aliphatic carbocycles. The zero-order valence-electron chi connectivity index (χ0n) is 13.9. The van der Waals surface area contributed by atoms with Crippen LogP contribution in [0.25, 0.3) is 0 Å². The number of carboxylic acid groups (broad SMARTS) is 1. The summed E-state index contributed by atoms with van der Waals surface area (Å²) in [6, 6.07) is 1.05. The molecule has 0 aromatic carbocycles. The molecule has 0 heterocycles. The second-order valence-electron chi connectivity index (χ2n) is 7.26. The standard InChI is InChI=1S/C17H32N2O2/c1-4-18-17(16(20)21)10-6-9-15(12-17)19(3)14-8-5-7-13(2)11-14/h13-15,18H,4-12H2,1-3H3,(H,20,21). The highest BCUT2D eigenvalue weighted by Gasteiger charge is 2.44. The normalized spacial score (nSPS) is 37.6. The van der Waals surface area contributed by atoms with E-state index in [1.165, 1.54) is 25.7 Å². The van der Waals surface area contributed by atoms with Gasteiger partial charge in [0.05, 0.1) is 0 Å². The minimum Gasteiger partial charge on any atom is -0.480 e. The van der Waals surface area contributed by atoms with Gasteiger partial charge in [-0.15, -0.1) is 0 Å². The van der Waals surface area contributed by atoms with E-state index in [-0.39, 0.29) is 0 Å². The molecule has 2 saturated carbocycles. The van der Waals surface area contributed by atoms with E-state index in [0.717, 1.165) is 38.1 Å². The van der Waals surface area contributed by atoms with Gasteiger partial charge in [0, 0.05) is 12.1 Å². The van der Waals surface area contributed by atoms with Crippen molar-refractivity contribution in [2.45, 2.75) is 82.8 Å². The van der Waals surface area contributed by atoms with E-state index in [2.05, 4.69) is 24.2 Å². The summed E-state index contributed by atoms with van der Waals surface area (Å²) >= 11 is 0. The first-order chi connectivity index (χ1) is 9.98. The molecule has 2 N–H and O–H groups in total. The Morgan fingerprint density at radius 2 is 2.00 bits per heavy atom. The lowest BCUT2D eigenvalue weighted by atomic mass is 9.77. The van der Waals surface area contributed by atoms with Crippen LogP contribution in [0.3, 0.4) is 0 Å². The van der Waals surface area contributed by atoms with Gasteiger partial charge in [-0.1, -0.05) is 26.7 Å². The van der Waals surface area contributed by atoms with Crippen molar-refractivity contribution < 1.29 is 9.90 Å². The molecule has 0 amide bonds. The van der Waals surface area contributed by atoms with Gasteiger partial charge in [-0.3, -0.25) is 4.79 Å². The van der Waals surface area contributed by atoms with E-state index < -0.39 is 11.5 Å². The number of hydrogen-bond acceptors (Lipinski definition) is 3. The quantitative estimate of drug-likeness (QED) is 0.819. The zero-order valence-corrected chi connectivity index (χ0v) is 13.9. The smallest absolute Gasteiger partial charge is 0.323 e. The topological polar surface area (TPSA) is 52.6 Å². The number of nitrogens with zero attached hydrogens (tertiary/aromatic N) is 1. The van der Waals surface area contributed by atoms with Crippen molar-refractivity contribution in [2.24, 2.45) is 5.92 Å². The van der Waals surface area contributed by atoms with Gasteiger partial charge in [0.2, 0.25) is 0 Å². The van der Waals surface area contributed by atoms with Crippen molar-refractivity contribution in [1.29, 1.82) is 0 Å². The van der Waals surface area contributed by atoms with Crippen LogP contribution in [0, 0.1) is 5.92 Å². The van der Waals surface area contributed by atoms with Crippen LogP contribution in [-0.2, 0) is 4.79 Å². The van der Waals surface area contributed by atoms with Crippen molar-refractivity contribution in [2.75, 3.05) is 13.6 Å². The van der Waals surface area contributed by atoms with Crippen molar-refractivity contribution in [3.05, 3.63) is 0 Å². The third kappa shape index (κ3) is 3.78. The number of carboxylic acids is 1. The van der Waals surface area contributed by atoms with Gasteiger partial charge in [0.1, 0.15) is 5.54 Å². The molecule has 0 spiro atoms. The fourth-order valence-electron chi connectivity index (χ4n) is 4.43. The monoisotopic (exact) mass is 296 g/mol. The number of likely N-dealkylation sites (N-methyl/N-ethyl adjacent to an activating group) is 1. The van der Waals surface area contributed by atoms with E-state index >= 15 is 0 Å². The van der Waals surface area contributed by atoms with Gasteiger partial charge in [-0.25, -0.2) is 0 Å². The van der Waals surface area contributed by atoms with Gasteiger partial charge in [-0.2, -0.15) is 0 Å². The number of hydrogen-bond donors (Lipinski definition) is 2. The van der Waals surface area contributed by atoms with Crippen LogP contribution in [0.15, 0.2) is 0 Å². The summed E-state index contributed by atoms with van der Waals surface area (Å²) in [6.07, 6.45) is 8.88. The van der Waals surface area contributed by atoms with Crippen LogP contribution < -0.4 is 5.32 Å². The summed E-state index contributed by atoms with van der Waals surface area (Å²) in [5.41, 5.74) is -0.702. The summed E-state index contributed by atoms with van der Waals surface area (Å²) in [7, 11) is 2.22. The van der Waals surface area contributed by atoms with Crippen LogP contribution in [0.2, 0.25) is 0 Å². The average molecular weight is 296 g/mol. The van der Waals surface area contributed by atoms with Crippen LogP contribution in [0.1, 0.15) is 65.2 Å². The Morgan fingerprint density at radius 1 is 1.29 bits per heavy atom. The van der Waals surface area contributed by atoms with E-state index in [9.17, 15) is 9.90 Å². The Balaban J connectivity index is 2.03. The fourth-order valence-corrected chi connectivity index (χ4v) is 4.43. The minimum atomic E-state index is -0.702. The molecular formula is C17H32N2O2. The van der Waals surface area contributed by atoms with Crippen LogP contribution in [0.4, 0.5) is 0 Å². The zero-order chi connectivity index (χ0) is 15.5. The van der Waals surface area contributed by atoms with E-state index in [0.29, 0.717) is 12.1 Å². The lowest BCUT2D eigenvalue weighted by molar-refractivity contribution is -0.147. The first kappa shape index (κ1) is 16.8. The highest BCUT2D eigenvalue weighted by molar-refractivity contribution is 5.79. The molecule has 0 saturated heterocycles. The van der Waals surface area contributed by atoms with Gasteiger partial charge in [-0.05, 0) is 58.0 Å². The summed E-state index contributed by atoms with van der Waals surface area (Å²) in [5, 5.41) is 13.0. The maximum Gasteiger partial charge on any atom is 0.323 e. The van der Waals surface area contributed by atoms with Crippen molar-refractivity contribution in [1.82, 2.24) is 10.2 Å². The van der Waals surface area contributed by atoms with Gasteiger partial charge >= 0.3 is 5.97 Å². The molecule has 0 aromatic heterocycles. The SMILES string of the molecule is CCNC1(C(=O)O)CCCC(N(C)C2CCCC(C)C2)C1. The molecule has 2 aliphatic rings. The van der Waals surface area contributed by atoms with Crippen molar-refractivity contribution >= 4 is 5.97 Å². The predicted molar refractivity (Wildman–Crippen MR) is 85.5 cm³/mol. The number of rotatable bonds is 5. The Hall–Kier alpha value is -0.610. The van der Waals surface area contributed by atoms with Crippen molar-refractivity contribution in [3.63, 3.8) is 0 Å². The van der Waals surface area contributed by atoms with Gasteiger partial charge in [0.25, 0.3) is 0 Å². The average Bonchev–Trinajstić information content (AvgIpc) is 2.47. The molecule has 21 heavy (non-hydrogen) atoms. The second-order valence-corrected chi connectivity index (χ2v) is 7.26. The molecule has 2 rings (SSSR count). The number of nitrogens with one attached hydrogen (secondary N) is 1. The number of aliphatic carboxylic acids is 1. The highest BCUT2D eigenvalue weighted by atomic mass is 16.4. The summed E-state index contributed by atoms with van der Waals surface area (Å²) in [4.78, 5) is 14.3. The molecule has 2 fully saturated rings. The van der Waals surface area contributed by atoms with Gasteiger partial charge < -0.3 is 15.3 Å². The number of carbonyl (C=O) groups is 1. The molecule has 0 aromatic rings. The summed E-state index contributed by atoms with van der Waals surface area (Å²) in [6.45, 7) is 5.07. The molecule has 0 bridgehead atoms. The van der Waals surface area contributed by atoms with E-state index in [1.54, 1.807) is 0 Å². The highest BCUT2D eigenvalue weighted by Crippen LogP contribution is 2.35. The molecule has 122 valence electrons. The lowest BCUT2D eigenvalue weighted by Gasteiger charge is -2.45. The third-order valence-electron chi connectivity index (χ3n) is 5.71. The molecule has 4 unspecified atom stereocenters. The summed E-state index contributed by atoms with van der Waals surface area (Å²) in [5.74, 6) is 0.146. The molecule has 0 aliphatic heterocycles. The molecular weight excluding hydrogens is 264 g/mol. The predicted octanol–water partition coefficient (Wildman–Crippen LogP) is 2.87. The molecule has 4 heteroatoms. The maximum absolute atomic E-state index is 11.8. The largest absolute Gasteiger partial charge is 0.480 e. The first-order valence-electron chi connectivity index (χ1n) is 8.69.